The van der Waals surface area contributed by atoms with Crippen LogP contribution >= 0.6 is 0 Å². The van der Waals surface area contributed by atoms with E-state index in [1.54, 1.807) is 24.5 Å². The van der Waals surface area contributed by atoms with E-state index in [-0.39, 0.29) is 17.7 Å². The first-order chi connectivity index (χ1) is 12.7. The second-order valence-corrected chi connectivity index (χ2v) is 6.40. The van der Waals surface area contributed by atoms with E-state index >= 15 is 0 Å². The van der Waals surface area contributed by atoms with Crippen LogP contribution in [0.4, 0.5) is 0 Å². The highest BCUT2D eigenvalue weighted by molar-refractivity contribution is 5.83. The minimum absolute atomic E-state index is 0.00519. The SMILES string of the molecule is O=C(NCCCc1ccc(O)cc1)C(c1cccnc1)N1CCOCC1. The van der Waals surface area contributed by atoms with Crippen molar-refractivity contribution in [1.82, 2.24) is 15.2 Å². The molecule has 2 N–H and O–H groups in total. The minimum Gasteiger partial charge on any atom is -0.508 e. The van der Waals surface area contributed by atoms with Gasteiger partial charge in [-0.3, -0.25) is 14.7 Å². The molecule has 2 heterocycles. The summed E-state index contributed by atoms with van der Waals surface area (Å²) in [6.45, 7) is 3.37. The first-order valence-electron chi connectivity index (χ1n) is 9.01. The van der Waals surface area contributed by atoms with Crippen LogP contribution in [0, 0.1) is 0 Å². The molecule has 0 radical (unpaired) electrons. The smallest absolute Gasteiger partial charge is 0.242 e. The molecule has 1 amide bonds. The molecular weight excluding hydrogens is 330 g/mol. The van der Waals surface area contributed by atoms with Gasteiger partial charge in [0.15, 0.2) is 0 Å². The number of morpholine rings is 1. The molecule has 6 nitrogen and oxygen atoms in total. The molecule has 1 fully saturated rings. The van der Waals surface area contributed by atoms with Gasteiger partial charge in [-0.25, -0.2) is 0 Å². The molecule has 1 unspecified atom stereocenters. The number of amides is 1. The largest absolute Gasteiger partial charge is 0.508 e. The summed E-state index contributed by atoms with van der Waals surface area (Å²) in [6, 6.07) is 10.7. The molecule has 0 saturated carbocycles. The second kappa shape index (κ2) is 9.31. The number of aromatic nitrogens is 1. The summed E-state index contributed by atoms with van der Waals surface area (Å²) in [4.78, 5) is 19.2. The molecule has 0 spiro atoms. The van der Waals surface area contributed by atoms with Gasteiger partial charge in [0.2, 0.25) is 5.91 Å². The molecule has 2 aromatic rings. The van der Waals surface area contributed by atoms with Crippen molar-refractivity contribution < 1.29 is 14.6 Å². The van der Waals surface area contributed by atoms with E-state index in [0.717, 1.165) is 37.1 Å². The molecule has 1 saturated heterocycles. The lowest BCUT2D eigenvalue weighted by Crippen LogP contribution is -2.46. The van der Waals surface area contributed by atoms with E-state index in [1.807, 2.05) is 24.3 Å². The first kappa shape index (κ1) is 18.4. The van der Waals surface area contributed by atoms with Gasteiger partial charge in [0.05, 0.1) is 13.2 Å². The number of phenols is 1. The maximum Gasteiger partial charge on any atom is 0.242 e. The summed E-state index contributed by atoms with van der Waals surface area (Å²) in [7, 11) is 0. The maximum atomic E-state index is 12.8. The predicted molar refractivity (Wildman–Crippen MR) is 98.8 cm³/mol. The Morgan fingerprint density at radius 2 is 2.00 bits per heavy atom. The number of benzene rings is 1. The molecule has 6 heteroatoms. The van der Waals surface area contributed by atoms with Gasteiger partial charge >= 0.3 is 0 Å². The molecular formula is C20H25N3O3. The Labute approximate surface area is 153 Å². The number of nitrogens with one attached hydrogen (secondary N) is 1. The fourth-order valence-electron chi connectivity index (χ4n) is 3.16. The van der Waals surface area contributed by atoms with Crippen molar-refractivity contribution in [2.45, 2.75) is 18.9 Å². The predicted octanol–water partition coefficient (Wildman–Crippen LogP) is 1.91. The van der Waals surface area contributed by atoms with Crippen LogP contribution in [0.25, 0.3) is 0 Å². The molecule has 1 aliphatic heterocycles. The number of aryl methyl sites for hydroxylation is 1. The summed E-state index contributed by atoms with van der Waals surface area (Å²) in [5, 5.41) is 12.4. The topological polar surface area (TPSA) is 74.7 Å². The van der Waals surface area contributed by atoms with Crippen molar-refractivity contribution in [1.29, 1.82) is 0 Å². The molecule has 0 bridgehead atoms. The number of nitrogens with zero attached hydrogens (tertiary/aromatic N) is 2. The minimum atomic E-state index is -0.332. The molecule has 3 rings (SSSR count). The zero-order valence-corrected chi connectivity index (χ0v) is 14.8. The molecule has 1 aliphatic rings. The monoisotopic (exact) mass is 355 g/mol. The van der Waals surface area contributed by atoms with Crippen LogP contribution in [0.3, 0.4) is 0 Å². The van der Waals surface area contributed by atoms with Crippen LogP contribution in [-0.2, 0) is 16.0 Å². The van der Waals surface area contributed by atoms with Crippen LogP contribution in [-0.4, -0.2) is 53.7 Å². The zero-order valence-electron chi connectivity index (χ0n) is 14.8. The van der Waals surface area contributed by atoms with Gasteiger partial charge in [-0.1, -0.05) is 18.2 Å². The summed E-state index contributed by atoms with van der Waals surface area (Å²) < 4.78 is 5.41. The number of pyridine rings is 1. The molecule has 0 aliphatic carbocycles. The van der Waals surface area contributed by atoms with E-state index in [9.17, 15) is 9.90 Å². The van der Waals surface area contributed by atoms with Crippen molar-refractivity contribution in [3.63, 3.8) is 0 Å². The number of aromatic hydroxyl groups is 1. The standard InChI is InChI=1S/C20H25N3O3/c24-18-7-5-16(6-8-18)3-1-10-22-20(25)19(17-4-2-9-21-15-17)23-11-13-26-14-12-23/h2,4-9,15,19,24H,1,3,10-14H2,(H,22,25). The van der Waals surface area contributed by atoms with Crippen molar-refractivity contribution in [2.24, 2.45) is 0 Å². The number of phenolic OH excluding ortho intramolecular Hbond substituents is 1. The summed E-state index contributed by atoms with van der Waals surface area (Å²) in [5.74, 6) is 0.275. The summed E-state index contributed by atoms with van der Waals surface area (Å²) >= 11 is 0. The number of carbonyl (C=O) groups is 1. The third kappa shape index (κ3) is 5.03. The number of carbonyl (C=O) groups excluding carboxylic acids is 1. The van der Waals surface area contributed by atoms with Gasteiger partial charge in [0, 0.05) is 32.0 Å². The first-order valence-corrected chi connectivity index (χ1v) is 9.01. The van der Waals surface area contributed by atoms with Crippen LogP contribution in [0.1, 0.15) is 23.6 Å². The van der Waals surface area contributed by atoms with E-state index < -0.39 is 0 Å². The quantitative estimate of drug-likeness (QED) is 0.742. The molecule has 138 valence electrons. The van der Waals surface area contributed by atoms with E-state index in [0.29, 0.717) is 19.8 Å². The summed E-state index contributed by atoms with van der Waals surface area (Å²) in [6.07, 6.45) is 5.18. The highest BCUT2D eigenvalue weighted by Crippen LogP contribution is 2.21. The van der Waals surface area contributed by atoms with E-state index in [4.69, 9.17) is 4.74 Å². The Balaban J connectivity index is 1.56. The van der Waals surface area contributed by atoms with Crippen LogP contribution < -0.4 is 5.32 Å². The molecule has 1 aromatic heterocycles. The second-order valence-electron chi connectivity index (χ2n) is 6.40. The van der Waals surface area contributed by atoms with Crippen LogP contribution in [0.2, 0.25) is 0 Å². The lowest BCUT2D eigenvalue weighted by molar-refractivity contribution is -0.128. The number of ether oxygens (including phenoxy) is 1. The fourth-order valence-corrected chi connectivity index (χ4v) is 3.16. The number of hydrogen-bond acceptors (Lipinski definition) is 5. The third-order valence-corrected chi connectivity index (χ3v) is 4.54. The van der Waals surface area contributed by atoms with Gasteiger partial charge in [-0.15, -0.1) is 0 Å². The molecule has 1 atom stereocenters. The Kier molecular flexibility index (Phi) is 6.57. The zero-order chi connectivity index (χ0) is 18.2. The van der Waals surface area contributed by atoms with Crippen molar-refractivity contribution >= 4 is 5.91 Å². The summed E-state index contributed by atoms with van der Waals surface area (Å²) in [5.41, 5.74) is 2.06. The molecule has 1 aromatic carbocycles. The average Bonchev–Trinajstić information content (AvgIpc) is 2.68. The molecule has 26 heavy (non-hydrogen) atoms. The van der Waals surface area contributed by atoms with E-state index in [1.165, 1.54) is 0 Å². The Bertz CT molecular complexity index is 685. The lowest BCUT2D eigenvalue weighted by atomic mass is 10.1. The van der Waals surface area contributed by atoms with Crippen LogP contribution in [0.15, 0.2) is 48.8 Å². The number of hydrogen-bond donors (Lipinski definition) is 2. The maximum absolute atomic E-state index is 12.8. The normalized spacial score (nSPS) is 16.2. The lowest BCUT2D eigenvalue weighted by Gasteiger charge is -2.33. The highest BCUT2D eigenvalue weighted by Gasteiger charge is 2.28. The van der Waals surface area contributed by atoms with Gasteiger partial charge < -0.3 is 15.2 Å². The Morgan fingerprint density at radius 1 is 1.23 bits per heavy atom. The van der Waals surface area contributed by atoms with Crippen molar-refractivity contribution in [3.05, 3.63) is 59.9 Å². The van der Waals surface area contributed by atoms with Crippen molar-refractivity contribution in [2.75, 3.05) is 32.8 Å². The fraction of sp³-hybridized carbons (Fsp3) is 0.400. The van der Waals surface area contributed by atoms with Crippen LogP contribution in [0.5, 0.6) is 5.75 Å². The van der Waals surface area contributed by atoms with Gasteiger partial charge in [0.25, 0.3) is 0 Å². The number of rotatable bonds is 7. The van der Waals surface area contributed by atoms with Gasteiger partial charge in [-0.05, 0) is 42.2 Å². The van der Waals surface area contributed by atoms with Gasteiger partial charge in [-0.2, -0.15) is 0 Å². The van der Waals surface area contributed by atoms with Crippen molar-refractivity contribution in [3.8, 4) is 5.75 Å². The third-order valence-electron chi connectivity index (χ3n) is 4.54. The average molecular weight is 355 g/mol. The Hall–Kier alpha value is -2.44. The van der Waals surface area contributed by atoms with E-state index in [2.05, 4.69) is 15.2 Å². The Morgan fingerprint density at radius 3 is 2.69 bits per heavy atom. The highest BCUT2D eigenvalue weighted by atomic mass is 16.5. The van der Waals surface area contributed by atoms with Gasteiger partial charge in [0.1, 0.15) is 11.8 Å².